The minimum atomic E-state index is -0.586. The summed E-state index contributed by atoms with van der Waals surface area (Å²) in [7, 11) is 0. The van der Waals surface area contributed by atoms with Gasteiger partial charge < -0.3 is 10.1 Å². The summed E-state index contributed by atoms with van der Waals surface area (Å²) < 4.78 is 5.28. The van der Waals surface area contributed by atoms with Crippen LogP contribution in [0, 0.1) is 0 Å². The van der Waals surface area contributed by atoms with Gasteiger partial charge in [-0.3, -0.25) is 4.79 Å². The lowest BCUT2D eigenvalue weighted by Gasteiger charge is -2.10. The van der Waals surface area contributed by atoms with Crippen molar-refractivity contribution < 1.29 is 14.3 Å². The molecule has 4 rings (SSSR count). The molecule has 0 unspecified atom stereocenters. The van der Waals surface area contributed by atoms with Crippen molar-refractivity contribution >= 4 is 40.1 Å². The monoisotopic (exact) mass is 416 g/mol. The van der Waals surface area contributed by atoms with Gasteiger partial charge >= 0.3 is 5.97 Å². The molecule has 3 aromatic carbocycles. The molecule has 1 heterocycles. The smallest absolute Gasteiger partial charge is 0.339 e. The Kier molecular flexibility index (Phi) is 5.72. The molecular weight excluding hydrogens is 400 g/mol. The van der Waals surface area contributed by atoms with E-state index < -0.39 is 18.5 Å². The average molecular weight is 417 g/mol. The summed E-state index contributed by atoms with van der Waals surface area (Å²) in [6.45, 7) is -0.404. The molecule has 1 amide bonds. The van der Waals surface area contributed by atoms with Crippen molar-refractivity contribution in [3.63, 3.8) is 0 Å². The fraction of sp³-hybridized carbons (Fsp3) is 0.0417. The topological polar surface area (TPSA) is 68.3 Å². The zero-order chi connectivity index (χ0) is 20.9. The summed E-state index contributed by atoms with van der Waals surface area (Å²) in [4.78, 5) is 29.6. The molecule has 5 nitrogen and oxygen atoms in total. The molecule has 0 saturated carbocycles. The highest BCUT2D eigenvalue weighted by Gasteiger charge is 2.16. The normalized spacial score (nSPS) is 10.6. The van der Waals surface area contributed by atoms with E-state index in [1.54, 1.807) is 30.3 Å². The van der Waals surface area contributed by atoms with Crippen LogP contribution in [-0.2, 0) is 9.53 Å². The lowest BCUT2D eigenvalue weighted by molar-refractivity contribution is -0.119. The summed E-state index contributed by atoms with van der Waals surface area (Å²) in [5.74, 6) is -1.02. The summed E-state index contributed by atoms with van der Waals surface area (Å²) in [6, 6.07) is 25.3. The Balaban J connectivity index is 1.55. The van der Waals surface area contributed by atoms with Crippen LogP contribution in [0.5, 0.6) is 0 Å². The third kappa shape index (κ3) is 4.47. The Bertz CT molecular complexity index is 1210. The number of rotatable bonds is 5. The average Bonchev–Trinajstić information content (AvgIpc) is 2.79. The molecule has 0 bridgehead atoms. The number of ether oxygens (including phenoxy) is 1. The van der Waals surface area contributed by atoms with E-state index in [9.17, 15) is 9.59 Å². The van der Waals surface area contributed by atoms with Crippen LogP contribution in [0.2, 0.25) is 5.02 Å². The number of benzene rings is 3. The Hall–Kier alpha value is -3.70. The highest BCUT2D eigenvalue weighted by molar-refractivity contribution is 6.30. The van der Waals surface area contributed by atoms with E-state index in [0.717, 1.165) is 5.56 Å². The van der Waals surface area contributed by atoms with Crippen molar-refractivity contribution in [2.75, 3.05) is 11.9 Å². The van der Waals surface area contributed by atoms with Crippen molar-refractivity contribution in [3.05, 3.63) is 95.5 Å². The third-order valence-corrected chi connectivity index (χ3v) is 4.72. The molecule has 0 atom stereocenters. The fourth-order valence-electron chi connectivity index (χ4n) is 3.04. The molecule has 0 spiro atoms. The maximum absolute atomic E-state index is 12.8. The van der Waals surface area contributed by atoms with Gasteiger partial charge in [0.1, 0.15) is 0 Å². The fourth-order valence-corrected chi connectivity index (χ4v) is 3.17. The second kappa shape index (κ2) is 8.76. The minimum Gasteiger partial charge on any atom is -0.452 e. The predicted molar refractivity (Wildman–Crippen MR) is 118 cm³/mol. The van der Waals surface area contributed by atoms with Gasteiger partial charge in [0.15, 0.2) is 6.61 Å². The molecule has 0 aliphatic rings. The molecule has 0 aliphatic heterocycles. The first-order chi connectivity index (χ1) is 14.6. The van der Waals surface area contributed by atoms with E-state index in [4.69, 9.17) is 16.3 Å². The predicted octanol–water partition coefficient (Wildman–Crippen LogP) is 5.35. The number of para-hydroxylation sites is 1. The first-order valence-electron chi connectivity index (χ1n) is 9.28. The second-order valence-electron chi connectivity index (χ2n) is 6.57. The van der Waals surface area contributed by atoms with E-state index >= 15 is 0 Å². The number of fused-ring (bicyclic) bond motifs is 1. The van der Waals surface area contributed by atoms with Crippen LogP contribution < -0.4 is 5.32 Å². The summed E-state index contributed by atoms with van der Waals surface area (Å²) in [5.41, 5.74) is 3.15. The molecule has 1 N–H and O–H groups in total. The van der Waals surface area contributed by atoms with Gasteiger partial charge in [-0.2, -0.15) is 0 Å². The molecular formula is C24H17ClN2O3. The number of aromatic nitrogens is 1. The number of carbonyl (C=O) groups excluding carboxylic acids is 2. The molecule has 0 aliphatic carbocycles. The van der Waals surface area contributed by atoms with Crippen LogP contribution in [0.3, 0.4) is 0 Å². The Labute approximate surface area is 178 Å². The maximum atomic E-state index is 12.8. The molecule has 30 heavy (non-hydrogen) atoms. The minimum absolute atomic E-state index is 0.360. The van der Waals surface area contributed by atoms with Crippen LogP contribution in [0.1, 0.15) is 10.4 Å². The van der Waals surface area contributed by atoms with Crippen LogP contribution in [0.15, 0.2) is 84.9 Å². The highest BCUT2D eigenvalue weighted by Crippen LogP contribution is 2.25. The van der Waals surface area contributed by atoms with Gasteiger partial charge in [-0.1, -0.05) is 60.1 Å². The van der Waals surface area contributed by atoms with Crippen molar-refractivity contribution in [1.29, 1.82) is 0 Å². The molecule has 0 saturated heterocycles. The van der Waals surface area contributed by atoms with Crippen LogP contribution in [-0.4, -0.2) is 23.5 Å². The Morgan fingerprint density at radius 1 is 0.900 bits per heavy atom. The molecule has 0 radical (unpaired) electrons. The number of pyridine rings is 1. The molecule has 148 valence electrons. The third-order valence-electron chi connectivity index (χ3n) is 4.47. The van der Waals surface area contributed by atoms with Crippen molar-refractivity contribution in [1.82, 2.24) is 4.98 Å². The van der Waals surface area contributed by atoms with Gasteiger partial charge in [-0.15, -0.1) is 0 Å². The standard InChI is InChI=1S/C24H17ClN2O3/c25-17-10-12-18(13-11-17)26-23(28)15-30-24(29)20-14-22(16-6-2-1-3-7-16)27-21-9-5-4-8-19(20)21/h1-14H,15H2,(H,26,28). The summed E-state index contributed by atoms with van der Waals surface area (Å²) >= 11 is 5.84. The SMILES string of the molecule is O=C(COC(=O)c1cc(-c2ccccc2)nc2ccccc12)Nc1ccc(Cl)cc1. The Morgan fingerprint density at radius 3 is 2.37 bits per heavy atom. The van der Waals surface area contributed by atoms with E-state index in [1.165, 1.54) is 0 Å². The van der Waals surface area contributed by atoms with Crippen LogP contribution >= 0.6 is 11.6 Å². The van der Waals surface area contributed by atoms with Crippen molar-refractivity contribution in [2.24, 2.45) is 0 Å². The van der Waals surface area contributed by atoms with Gasteiger partial charge in [0.25, 0.3) is 5.91 Å². The Morgan fingerprint density at radius 2 is 1.60 bits per heavy atom. The van der Waals surface area contributed by atoms with Gasteiger partial charge in [0.05, 0.1) is 16.8 Å². The van der Waals surface area contributed by atoms with Crippen molar-refractivity contribution in [3.8, 4) is 11.3 Å². The highest BCUT2D eigenvalue weighted by atomic mass is 35.5. The number of esters is 1. The van der Waals surface area contributed by atoms with Gasteiger partial charge in [-0.05, 0) is 36.4 Å². The molecule has 6 heteroatoms. The number of halogens is 1. The molecule has 0 fully saturated rings. The van der Waals surface area contributed by atoms with Gasteiger partial charge in [0, 0.05) is 21.7 Å². The van der Waals surface area contributed by atoms with Gasteiger partial charge in [0.2, 0.25) is 0 Å². The first-order valence-corrected chi connectivity index (χ1v) is 9.66. The number of hydrogen-bond donors (Lipinski definition) is 1. The second-order valence-corrected chi connectivity index (χ2v) is 7.01. The number of hydrogen-bond acceptors (Lipinski definition) is 4. The van der Waals surface area contributed by atoms with E-state index in [0.29, 0.717) is 32.9 Å². The van der Waals surface area contributed by atoms with Crippen LogP contribution in [0.25, 0.3) is 22.2 Å². The number of anilines is 1. The van der Waals surface area contributed by atoms with E-state index in [1.807, 2.05) is 54.6 Å². The van der Waals surface area contributed by atoms with Crippen LogP contribution in [0.4, 0.5) is 5.69 Å². The number of carbonyl (C=O) groups is 2. The number of nitrogens with zero attached hydrogens (tertiary/aromatic N) is 1. The van der Waals surface area contributed by atoms with E-state index in [-0.39, 0.29) is 0 Å². The van der Waals surface area contributed by atoms with Gasteiger partial charge in [-0.25, -0.2) is 9.78 Å². The quantitative estimate of drug-likeness (QED) is 0.445. The zero-order valence-electron chi connectivity index (χ0n) is 15.8. The zero-order valence-corrected chi connectivity index (χ0v) is 16.6. The van der Waals surface area contributed by atoms with E-state index in [2.05, 4.69) is 10.3 Å². The number of nitrogens with one attached hydrogen (secondary N) is 1. The maximum Gasteiger partial charge on any atom is 0.339 e. The lowest BCUT2D eigenvalue weighted by Crippen LogP contribution is -2.21. The summed E-state index contributed by atoms with van der Waals surface area (Å²) in [6.07, 6.45) is 0. The largest absolute Gasteiger partial charge is 0.452 e. The molecule has 4 aromatic rings. The molecule has 1 aromatic heterocycles. The summed E-state index contributed by atoms with van der Waals surface area (Å²) in [5, 5.41) is 3.90. The number of amides is 1. The lowest BCUT2D eigenvalue weighted by atomic mass is 10.0. The first kappa shape index (κ1) is 19.6. The van der Waals surface area contributed by atoms with Crippen molar-refractivity contribution in [2.45, 2.75) is 0 Å².